The minimum atomic E-state index is -1.30. The summed E-state index contributed by atoms with van der Waals surface area (Å²) in [6.45, 7) is 44.6. The fraction of sp³-hybridized carbons (Fsp3) is 0.595. The molecule has 0 bridgehead atoms. The third-order valence-electron chi connectivity index (χ3n) is 12.0. The Bertz CT molecular complexity index is 2730. The van der Waals surface area contributed by atoms with Gasteiger partial charge in [0.25, 0.3) is 6.47 Å². The molecule has 3 rings (SSSR count). The number of Topliss-reactive ketones (excluding diaryl/α,β-unsaturated/α-hetero) is 2. The number of para-hydroxylation sites is 2. The highest BCUT2D eigenvalue weighted by Gasteiger charge is 2.39. The number of ether oxygens (including phenoxy) is 8. The van der Waals surface area contributed by atoms with Crippen molar-refractivity contribution in [3.8, 4) is 11.5 Å². The molecule has 3 aromatic carbocycles. The normalized spacial score (nSPS) is 10.2. The van der Waals surface area contributed by atoms with Gasteiger partial charge in [-0.1, -0.05) is 260 Å². The lowest BCUT2D eigenvalue weighted by Gasteiger charge is -2.27. The van der Waals surface area contributed by atoms with Crippen LogP contribution in [0.4, 0.5) is 0 Å². The van der Waals surface area contributed by atoms with Gasteiger partial charge in [0, 0.05) is 82.2 Å². The Morgan fingerprint density at radius 3 is 0.971 bits per heavy atom. The number of hydrogen-bond acceptors (Lipinski definition) is 18. The zero-order chi connectivity index (χ0) is 72.3. The topological polar surface area (TPSA) is 245 Å². The predicted octanol–water partition coefficient (Wildman–Crippen LogP) is 19.4. The molecule has 23 heteroatoms. The quantitative estimate of drug-likeness (QED) is 0.0133. The first-order chi connectivity index (χ1) is 41.8. The molecule has 18 nitrogen and oxygen atoms in total. The fourth-order valence-corrected chi connectivity index (χ4v) is 6.17. The zero-order valence-corrected chi connectivity index (χ0v) is 58.2. The molecule has 0 fully saturated rings. The minimum absolute atomic E-state index is 0. The molecule has 3 unspecified atom stereocenters. The second-order valence-electron chi connectivity index (χ2n) is 22.6. The molecular formula is C79H143B5O18. The van der Waals surface area contributed by atoms with Crippen molar-refractivity contribution in [1.29, 1.82) is 0 Å². The van der Waals surface area contributed by atoms with Crippen molar-refractivity contribution in [2.24, 2.45) is 10.8 Å². The number of carbonyl (C=O) groups excluding carboxylic acids is 10. The highest BCUT2D eigenvalue weighted by molar-refractivity contribution is 6.26. The maximum absolute atomic E-state index is 12.3. The van der Waals surface area contributed by atoms with Crippen molar-refractivity contribution in [2.45, 2.75) is 307 Å². The van der Waals surface area contributed by atoms with E-state index in [4.69, 9.17) is 67.7 Å². The van der Waals surface area contributed by atoms with Crippen molar-refractivity contribution in [2.75, 3.05) is 0 Å². The van der Waals surface area contributed by atoms with E-state index in [1.165, 1.54) is 90.0 Å². The number of esters is 7. The van der Waals surface area contributed by atoms with E-state index >= 15 is 0 Å². The van der Waals surface area contributed by atoms with Gasteiger partial charge in [0.05, 0.1) is 39.2 Å². The third kappa shape index (κ3) is 59.1. The Kier molecular flexibility index (Phi) is 91.1. The van der Waals surface area contributed by atoms with Crippen LogP contribution in [0, 0.1) is 10.8 Å². The van der Waals surface area contributed by atoms with Crippen molar-refractivity contribution < 1.29 is 85.8 Å². The predicted molar refractivity (Wildman–Crippen MR) is 434 cm³/mol. The molecule has 0 aromatic heterocycles. The van der Waals surface area contributed by atoms with Crippen LogP contribution >= 0.6 is 0 Å². The molecule has 0 spiro atoms. The first-order valence-corrected chi connectivity index (χ1v) is 29.4. The SMILES string of the molecule is C.C.C.C.C.C.C.C.C.C.C.C=C(C)C(C)(C)c1ccccc1OC(C)=O.C=C(C)C(C)(C)c1ccccc1OC=O.CC(=O)OC(C)OC(=O)C(C)(C)C(=O)Cc1ccccc1.[B]C(C)(C)C(=O)OC(C)OC(C)=O.[B]CC.[B]CC.[B]CC.[B]CCC(=O)C(C)(C)C(=O)OC(C)OC(C)=O. The minimum Gasteiger partial charge on any atom is -0.428 e. The molecule has 0 aliphatic rings. The van der Waals surface area contributed by atoms with Gasteiger partial charge in [-0.25, -0.2) is 0 Å². The lowest BCUT2D eigenvalue weighted by molar-refractivity contribution is -0.192. The number of carbonyl (C=O) groups is 10. The molecule has 0 saturated carbocycles. The summed E-state index contributed by atoms with van der Waals surface area (Å²) in [4.78, 5) is 112. The Balaban J connectivity index is -0.0000000615. The summed E-state index contributed by atoms with van der Waals surface area (Å²) in [5.74, 6) is -3.32. The van der Waals surface area contributed by atoms with Gasteiger partial charge in [0.15, 0.2) is 5.78 Å². The molecular weight excluding hydrogens is 1290 g/mol. The van der Waals surface area contributed by atoms with Gasteiger partial charge in [-0.05, 0) is 65.7 Å². The van der Waals surface area contributed by atoms with E-state index in [0.717, 1.165) is 46.8 Å². The van der Waals surface area contributed by atoms with Crippen LogP contribution in [0.15, 0.2) is 103 Å². The molecule has 102 heavy (non-hydrogen) atoms. The summed E-state index contributed by atoms with van der Waals surface area (Å²) in [6, 6.07) is 24.2. The Hall–Kier alpha value is -7.44. The highest BCUT2D eigenvalue weighted by atomic mass is 16.7. The molecule has 582 valence electrons. The lowest BCUT2D eigenvalue weighted by atomic mass is 9.73. The van der Waals surface area contributed by atoms with Crippen LogP contribution in [0.2, 0.25) is 30.6 Å². The number of ketones is 2. The van der Waals surface area contributed by atoms with Crippen molar-refractivity contribution in [3.63, 3.8) is 0 Å². The maximum atomic E-state index is 12.3. The summed E-state index contributed by atoms with van der Waals surface area (Å²) >= 11 is 0. The van der Waals surface area contributed by atoms with E-state index in [1.807, 2.05) is 101 Å². The molecule has 0 N–H and O–H groups in total. The first kappa shape index (κ1) is 134. The average Bonchev–Trinajstić information content (AvgIpc) is 0.823. The second-order valence-corrected chi connectivity index (χ2v) is 22.6. The van der Waals surface area contributed by atoms with Gasteiger partial charge >= 0.3 is 41.8 Å². The monoisotopic (exact) mass is 1440 g/mol. The first-order valence-electron chi connectivity index (χ1n) is 29.4. The third-order valence-corrected chi connectivity index (χ3v) is 12.0. The van der Waals surface area contributed by atoms with Gasteiger partial charge in [-0.15, -0.1) is 0 Å². The average molecular weight is 1440 g/mol. The van der Waals surface area contributed by atoms with Crippen LogP contribution in [0.5, 0.6) is 11.5 Å². The van der Waals surface area contributed by atoms with E-state index < -0.39 is 70.8 Å². The van der Waals surface area contributed by atoms with Gasteiger partial charge < -0.3 is 37.9 Å². The standard InChI is InChI=1S/C16H20O5.C14H18O2.C13H16O2.C11H17BO5.C8H13BO4.3C2H5B.11CH4/c1-11(17)20-12(2)21-15(19)16(3,4)14(18)10-13-8-6-5-7-9-13;1-10(2)14(4,5)12-8-6-7-9-13(12)16-11(3)15;1-10(2)13(3,4)11-7-5-6-8-12(11)15-9-14;1-7(13)16-8(2)17-10(15)11(3,4)9(14)5-6-12;1-5(10)12-6(2)13-7(11)8(3,4)9;3*1-2-3;;;;;;;;;;;/h5-9,12H,10H2,1-4H3;6-9H,1H2,2-5H3;5-9H,1H2,2-4H3;8H,5-6H2,1-4H3;6H,1-4H3;3*2H2,1H3;11*1H4. The molecule has 0 aliphatic carbocycles. The Labute approximate surface area is 631 Å². The van der Waals surface area contributed by atoms with Crippen molar-refractivity contribution in [1.82, 2.24) is 0 Å². The van der Waals surface area contributed by atoms with Crippen LogP contribution < -0.4 is 9.47 Å². The van der Waals surface area contributed by atoms with Crippen LogP contribution in [0.1, 0.15) is 257 Å². The van der Waals surface area contributed by atoms with E-state index in [-0.39, 0.29) is 129 Å². The molecule has 0 aliphatic heterocycles. The molecule has 0 amide bonds. The van der Waals surface area contributed by atoms with E-state index in [1.54, 1.807) is 12.1 Å². The lowest BCUT2D eigenvalue weighted by Crippen LogP contribution is -2.38. The van der Waals surface area contributed by atoms with Crippen LogP contribution in [0.25, 0.3) is 0 Å². The summed E-state index contributed by atoms with van der Waals surface area (Å²) < 4.78 is 38.6. The van der Waals surface area contributed by atoms with Gasteiger partial charge in [0.1, 0.15) is 28.1 Å². The summed E-state index contributed by atoms with van der Waals surface area (Å²) in [5.41, 5.74) is 1.87. The van der Waals surface area contributed by atoms with Gasteiger partial charge in [-0.3, -0.25) is 47.9 Å². The number of benzene rings is 3. The molecule has 0 heterocycles. The molecule has 10 radical (unpaired) electrons. The summed E-state index contributed by atoms with van der Waals surface area (Å²) in [7, 11) is 25.2. The van der Waals surface area contributed by atoms with E-state index in [0.29, 0.717) is 18.0 Å². The Morgan fingerprint density at radius 2 is 0.696 bits per heavy atom. The van der Waals surface area contributed by atoms with Crippen LogP contribution in [-0.4, -0.2) is 118 Å². The zero-order valence-electron chi connectivity index (χ0n) is 58.2. The smallest absolute Gasteiger partial charge is 0.322 e. The number of hydrogen-bond donors (Lipinski definition) is 0. The summed E-state index contributed by atoms with van der Waals surface area (Å²) in [6.07, 6.45) is -0.249. The molecule has 3 aromatic rings. The van der Waals surface area contributed by atoms with Gasteiger partial charge in [0.2, 0.25) is 18.9 Å². The molecule has 0 saturated heterocycles. The van der Waals surface area contributed by atoms with E-state index in [2.05, 4.69) is 50.3 Å². The highest BCUT2D eigenvalue weighted by Crippen LogP contribution is 2.37. The maximum Gasteiger partial charge on any atom is 0.322 e. The molecule has 3 atom stereocenters. The van der Waals surface area contributed by atoms with Crippen LogP contribution in [-0.2, 0) is 93.6 Å². The summed E-state index contributed by atoms with van der Waals surface area (Å²) in [5, 5.41) is -1.07. The Morgan fingerprint density at radius 1 is 0.422 bits per heavy atom. The van der Waals surface area contributed by atoms with Gasteiger partial charge in [-0.2, -0.15) is 0 Å². The largest absolute Gasteiger partial charge is 0.428 e. The number of rotatable bonds is 22. The van der Waals surface area contributed by atoms with Crippen molar-refractivity contribution >= 4 is 99.1 Å². The second kappa shape index (κ2) is 69.3. The fourth-order valence-electron chi connectivity index (χ4n) is 6.17. The number of allylic oxidation sites excluding steroid dienone is 2. The van der Waals surface area contributed by atoms with Crippen molar-refractivity contribution in [3.05, 3.63) is 120 Å². The van der Waals surface area contributed by atoms with E-state index in [9.17, 15) is 47.9 Å². The van der Waals surface area contributed by atoms with Crippen LogP contribution in [0.3, 0.4) is 0 Å².